The molecule has 0 unspecified atom stereocenters. The van der Waals surface area contributed by atoms with Crippen LogP contribution in [0.25, 0.3) is 0 Å². The van der Waals surface area contributed by atoms with Crippen LogP contribution in [0.1, 0.15) is 10.5 Å². The van der Waals surface area contributed by atoms with Crippen LogP contribution in [-0.4, -0.2) is 42.5 Å². The largest absolute Gasteiger partial charge is 0.451 e. The van der Waals surface area contributed by atoms with Crippen LogP contribution < -0.4 is 16.0 Å². The summed E-state index contributed by atoms with van der Waals surface area (Å²) in [5.74, 6) is -4.32. The predicted octanol–water partition coefficient (Wildman–Crippen LogP) is 1.93. The Balaban J connectivity index is 1.72. The van der Waals surface area contributed by atoms with Gasteiger partial charge in [-0.3, -0.25) is 9.59 Å². The molecule has 1 heterocycles. The summed E-state index contributed by atoms with van der Waals surface area (Å²) in [7, 11) is 0. The number of amides is 2. The second-order valence-corrected chi connectivity index (χ2v) is 6.10. The van der Waals surface area contributed by atoms with E-state index in [2.05, 4.69) is 27.5 Å². The van der Waals surface area contributed by atoms with Crippen molar-refractivity contribution in [1.29, 1.82) is 0 Å². The Morgan fingerprint density at radius 1 is 1.21 bits per heavy atom. The van der Waals surface area contributed by atoms with Crippen molar-refractivity contribution < 1.29 is 27.9 Å². The number of aromatic nitrogens is 1. The third-order valence-electron chi connectivity index (χ3n) is 3.09. The molecular weight excluding hydrogens is 394 g/mol. The number of carbonyl (C=O) groups excluding carboxylic acids is 3. The van der Waals surface area contributed by atoms with Gasteiger partial charge in [0.2, 0.25) is 5.91 Å². The highest BCUT2D eigenvalue weighted by Crippen LogP contribution is 2.15. The lowest BCUT2D eigenvalue weighted by atomic mass is 10.3. The molecule has 11 heteroatoms. The van der Waals surface area contributed by atoms with Gasteiger partial charge < -0.3 is 20.7 Å². The molecule has 1 aromatic carbocycles. The van der Waals surface area contributed by atoms with Gasteiger partial charge in [-0.2, -0.15) is 0 Å². The molecule has 0 aliphatic heterocycles. The van der Waals surface area contributed by atoms with E-state index in [-0.39, 0.29) is 11.4 Å². The number of hydrogen-bond acceptors (Lipinski definition) is 7. The van der Waals surface area contributed by atoms with E-state index < -0.39 is 42.6 Å². The molecule has 0 saturated carbocycles. The van der Waals surface area contributed by atoms with E-state index in [1.54, 1.807) is 6.08 Å². The van der Waals surface area contributed by atoms with Crippen molar-refractivity contribution in [3.05, 3.63) is 53.6 Å². The number of nitrogens with zero attached hydrogens (tertiary/aromatic N) is 1. The zero-order valence-electron chi connectivity index (χ0n) is 14.5. The quantitative estimate of drug-likeness (QED) is 0.431. The number of nitrogens with one attached hydrogen (secondary N) is 3. The summed E-state index contributed by atoms with van der Waals surface area (Å²) in [6.07, 6.45) is 1.63. The van der Waals surface area contributed by atoms with Gasteiger partial charge in [0, 0.05) is 23.7 Å². The minimum atomic E-state index is -1.11. The number of esters is 1. The van der Waals surface area contributed by atoms with Crippen molar-refractivity contribution in [3.63, 3.8) is 0 Å². The first-order valence-corrected chi connectivity index (χ1v) is 8.76. The number of benzene rings is 1. The summed E-state index contributed by atoms with van der Waals surface area (Å²) in [4.78, 5) is 39.2. The second-order valence-electron chi connectivity index (χ2n) is 5.24. The van der Waals surface area contributed by atoms with Crippen molar-refractivity contribution in [2.75, 3.05) is 30.3 Å². The molecule has 0 aliphatic carbocycles. The fraction of sp³-hybridized carbons (Fsp3) is 0.176. The molecular formula is C17H16F2N4O4S. The predicted molar refractivity (Wildman–Crippen MR) is 99.1 cm³/mol. The molecule has 0 fully saturated rings. The van der Waals surface area contributed by atoms with Gasteiger partial charge in [0.25, 0.3) is 5.91 Å². The number of ether oxygens (including phenoxy) is 1. The van der Waals surface area contributed by atoms with Crippen LogP contribution in [0, 0.1) is 11.6 Å². The van der Waals surface area contributed by atoms with E-state index in [1.807, 2.05) is 0 Å². The van der Waals surface area contributed by atoms with Crippen LogP contribution in [-0.2, 0) is 14.3 Å². The minimum Gasteiger partial charge on any atom is -0.451 e. The molecule has 2 aromatic rings. The molecule has 8 nitrogen and oxygen atoms in total. The molecule has 0 atom stereocenters. The van der Waals surface area contributed by atoms with Crippen molar-refractivity contribution in [2.45, 2.75) is 0 Å². The Hall–Kier alpha value is -3.34. The van der Waals surface area contributed by atoms with Crippen LogP contribution in [0.2, 0.25) is 0 Å². The molecule has 0 saturated heterocycles. The maximum Gasteiger partial charge on any atom is 0.358 e. The molecule has 0 radical (unpaired) electrons. The number of hydrogen-bond donors (Lipinski definition) is 3. The fourth-order valence-electron chi connectivity index (χ4n) is 1.82. The first-order valence-electron chi connectivity index (χ1n) is 7.88. The van der Waals surface area contributed by atoms with Crippen molar-refractivity contribution in [2.24, 2.45) is 0 Å². The number of halogens is 2. The summed E-state index contributed by atoms with van der Waals surface area (Å²) in [5, 5.41) is 9.40. The molecule has 0 spiro atoms. The summed E-state index contributed by atoms with van der Waals surface area (Å²) < 4.78 is 30.7. The highest BCUT2D eigenvalue weighted by Gasteiger charge is 2.14. The highest BCUT2D eigenvalue weighted by molar-refractivity contribution is 7.13. The van der Waals surface area contributed by atoms with Gasteiger partial charge in [-0.25, -0.2) is 18.6 Å². The summed E-state index contributed by atoms with van der Waals surface area (Å²) in [6.45, 7) is 2.98. The van der Waals surface area contributed by atoms with Crippen LogP contribution >= 0.6 is 11.3 Å². The van der Waals surface area contributed by atoms with Crippen LogP contribution in [0.15, 0.2) is 36.2 Å². The van der Waals surface area contributed by atoms with Gasteiger partial charge in [-0.1, -0.05) is 6.08 Å². The molecule has 2 rings (SSSR count). The Morgan fingerprint density at radius 3 is 2.71 bits per heavy atom. The monoisotopic (exact) mass is 410 g/mol. The fourth-order valence-corrected chi connectivity index (χ4v) is 2.51. The van der Waals surface area contributed by atoms with Gasteiger partial charge in [0.05, 0.1) is 6.54 Å². The Kier molecular flexibility index (Phi) is 7.57. The van der Waals surface area contributed by atoms with Gasteiger partial charge in [-0.05, 0) is 12.1 Å². The first kappa shape index (κ1) is 21.0. The van der Waals surface area contributed by atoms with Crippen molar-refractivity contribution in [3.8, 4) is 0 Å². The summed E-state index contributed by atoms with van der Waals surface area (Å²) >= 11 is 1.19. The average molecular weight is 410 g/mol. The van der Waals surface area contributed by atoms with E-state index >= 15 is 0 Å². The Morgan fingerprint density at radius 2 is 2.00 bits per heavy atom. The lowest BCUT2D eigenvalue weighted by molar-refractivity contribution is -0.126. The van der Waals surface area contributed by atoms with E-state index in [9.17, 15) is 23.2 Å². The SMILES string of the molecule is C=CCNc1nc(C(=O)OCC(=O)NCC(=O)Nc2ccc(F)c(F)c2)cs1. The zero-order valence-corrected chi connectivity index (χ0v) is 15.3. The third-order valence-corrected chi connectivity index (χ3v) is 3.89. The molecule has 28 heavy (non-hydrogen) atoms. The van der Waals surface area contributed by atoms with Crippen molar-refractivity contribution in [1.82, 2.24) is 10.3 Å². The van der Waals surface area contributed by atoms with Crippen LogP contribution in [0.4, 0.5) is 19.6 Å². The van der Waals surface area contributed by atoms with Crippen molar-refractivity contribution >= 4 is 39.9 Å². The summed E-state index contributed by atoms with van der Waals surface area (Å²) in [5.41, 5.74) is 0.0782. The zero-order chi connectivity index (χ0) is 20.5. The normalized spacial score (nSPS) is 10.1. The molecule has 0 aliphatic rings. The van der Waals surface area contributed by atoms with E-state index in [4.69, 9.17) is 4.74 Å². The molecule has 2 amide bonds. The lowest BCUT2D eigenvalue weighted by Gasteiger charge is -2.07. The average Bonchev–Trinajstić information content (AvgIpc) is 3.14. The van der Waals surface area contributed by atoms with Crippen LogP contribution in [0.3, 0.4) is 0 Å². The standard InChI is InChI=1S/C17H16F2N4O4S/c1-2-5-20-17-23-13(9-28-17)16(26)27-8-15(25)21-7-14(24)22-10-3-4-11(18)12(19)6-10/h2-4,6,9H,1,5,7-8H2,(H,20,23)(H,21,25)(H,22,24). The minimum absolute atomic E-state index is 0.0361. The number of thiazole rings is 1. The number of carbonyl (C=O) groups is 3. The first-order chi connectivity index (χ1) is 13.4. The molecule has 148 valence electrons. The Bertz CT molecular complexity index is 888. The summed E-state index contributed by atoms with van der Waals surface area (Å²) in [6, 6.07) is 2.84. The molecule has 3 N–H and O–H groups in total. The van der Waals surface area contributed by atoms with Gasteiger partial charge >= 0.3 is 5.97 Å². The maximum absolute atomic E-state index is 13.1. The Labute approximate surface area is 162 Å². The van der Waals surface area contributed by atoms with Crippen LogP contribution in [0.5, 0.6) is 0 Å². The highest BCUT2D eigenvalue weighted by atomic mass is 32.1. The number of anilines is 2. The van der Waals surface area contributed by atoms with E-state index in [0.717, 1.165) is 12.1 Å². The number of rotatable bonds is 9. The third kappa shape index (κ3) is 6.43. The van der Waals surface area contributed by atoms with E-state index in [0.29, 0.717) is 11.7 Å². The van der Waals surface area contributed by atoms with E-state index in [1.165, 1.54) is 22.8 Å². The maximum atomic E-state index is 13.1. The molecule has 0 bridgehead atoms. The second kappa shape index (κ2) is 10.1. The van der Waals surface area contributed by atoms with Gasteiger partial charge in [0.15, 0.2) is 29.1 Å². The molecule has 1 aromatic heterocycles. The smallest absolute Gasteiger partial charge is 0.358 e. The van der Waals surface area contributed by atoms with Gasteiger partial charge in [0.1, 0.15) is 0 Å². The topological polar surface area (TPSA) is 109 Å². The lowest BCUT2D eigenvalue weighted by Crippen LogP contribution is -2.35. The van der Waals surface area contributed by atoms with Gasteiger partial charge in [-0.15, -0.1) is 17.9 Å².